The average Bonchev–Trinajstić information content (AvgIpc) is 3.42. The van der Waals surface area contributed by atoms with Gasteiger partial charge in [-0.15, -0.1) is 0 Å². The first-order valence-corrected chi connectivity index (χ1v) is 10.8. The van der Waals surface area contributed by atoms with E-state index in [0.717, 1.165) is 50.2 Å². The van der Waals surface area contributed by atoms with Gasteiger partial charge < -0.3 is 9.47 Å². The molecule has 0 bridgehead atoms. The first-order chi connectivity index (χ1) is 15.5. The third kappa shape index (κ3) is 2.93. The van der Waals surface area contributed by atoms with Gasteiger partial charge >= 0.3 is 0 Å². The third-order valence-electron chi connectivity index (χ3n) is 6.03. The molecule has 1 aliphatic rings. The summed E-state index contributed by atoms with van der Waals surface area (Å²) in [5, 5.41) is 7.06. The Kier molecular flexibility index (Phi) is 4.02. The summed E-state index contributed by atoms with van der Waals surface area (Å²) in [6, 6.07) is 22.9. The van der Waals surface area contributed by atoms with Crippen LogP contribution in [0, 0.1) is 0 Å². The average molecular weight is 422 g/mol. The highest BCUT2D eigenvalue weighted by atomic mass is 16.7. The monoisotopic (exact) mass is 421 g/mol. The molecular formula is C27H23N3O2. The van der Waals surface area contributed by atoms with Crippen molar-refractivity contribution in [2.24, 2.45) is 0 Å². The van der Waals surface area contributed by atoms with Gasteiger partial charge in [0.25, 0.3) is 0 Å². The van der Waals surface area contributed by atoms with E-state index in [1.54, 1.807) is 0 Å². The second-order valence-corrected chi connectivity index (χ2v) is 9.17. The molecule has 0 saturated carbocycles. The van der Waals surface area contributed by atoms with Crippen molar-refractivity contribution in [2.45, 2.75) is 26.2 Å². The Morgan fingerprint density at radius 2 is 1.56 bits per heavy atom. The Bertz CT molecular complexity index is 1460. The zero-order valence-electron chi connectivity index (χ0n) is 18.3. The second kappa shape index (κ2) is 6.82. The zero-order valence-corrected chi connectivity index (χ0v) is 18.3. The molecule has 0 fully saturated rings. The van der Waals surface area contributed by atoms with Gasteiger partial charge in [-0.2, -0.15) is 5.10 Å². The summed E-state index contributed by atoms with van der Waals surface area (Å²) in [7, 11) is 0. The quantitative estimate of drug-likeness (QED) is 0.337. The van der Waals surface area contributed by atoms with E-state index < -0.39 is 0 Å². The molecule has 2 aromatic heterocycles. The maximum Gasteiger partial charge on any atom is 0.231 e. The fraction of sp³-hybridized carbons (Fsp3) is 0.185. The van der Waals surface area contributed by atoms with Crippen molar-refractivity contribution < 1.29 is 9.47 Å². The lowest BCUT2D eigenvalue weighted by Crippen LogP contribution is -2.11. The summed E-state index contributed by atoms with van der Waals surface area (Å²) < 4.78 is 13.3. The molecular weight excluding hydrogens is 398 g/mol. The predicted molar refractivity (Wildman–Crippen MR) is 127 cm³/mol. The van der Waals surface area contributed by atoms with Gasteiger partial charge in [0.1, 0.15) is 5.69 Å². The minimum atomic E-state index is 0.0917. The van der Waals surface area contributed by atoms with E-state index in [1.807, 2.05) is 41.2 Å². The molecule has 6 rings (SSSR count). The van der Waals surface area contributed by atoms with Crippen LogP contribution in [-0.2, 0) is 5.41 Å². The van der Waals surface area contributed by atoms with Crippen LogP contribution < -0.4 is 9.47 Å². The van der Waals surface area contributed by atoms with Crippen molar-refractivity contribution >= 4 is 21.8 Å². The topological polar surface area (TPSA) is 49.2 Å². The van der Waals surface area contributed by atoms with Crippen LogP contribution in [0.2, 0.25) is 0 Å². The summed E-state index contributed by atoms with van der Waals surface area (Å²) in [4.78, 5) is 4.74. The highest BCUT2D eigenvalue weighted by Crippen LogP contribution is 2.40. The van der Waals surface area contributed by atoms with E-state index in [4.69, 9.17) is 19.6 Å². The fourth-order valence-corrected chi connectivity index (χ4v) is 4.27. The summed E-state index contributed by atoms with van der Waals surface area (Å²) in [6.45, 7) is 6.90. The second-order valence-electron chi connectivity index (χ2n) is 9.17. The summed E-state index contributed by atoms with van der Waals surface area (Å²) in [5.41, 5.74) is 6.22. The molecule has 0 aliphatic carbocycles. The lowest BCUT2D eigenvalue weighted by atomic mass is 9.87. The molecule has 158 valence electrons. The molecule has 0 N–H and O–H groups in total. The number of benzene rings is 3. The van der Waals surface area contributed by atoms with Gasteiger partial charge in [-0.05, 0) is 29.2 Å². The van der Waals surface area contributed by atoms with Crippen LogP contribution in [0.3, 0.4) is 0 Å². The molecule has 0 radical (unpaired) electrons. The molecule has 5 nitrogen and oxygen atoms in total. The number of ether oxygens (including phenoxy) is 2. The lowest BCUT2D eigenvalue weighted by Gasteiger charge is -2.19. The molecule has 5 aromatic rings. The van der Waals surface area contributed by atoms with E-state index >= 15 is 0 Å². The molecule has 3 aromatic carbocycles. The first-order valence-electron chi connectivity index (χ1n) is 10.8. The molecule has 0 spiro atoms. The normalized spacial score (nSPS) is 13.2. The van der Waals surface area contributed by atoms with Gasteiger partial charge in [0.05, 0.1) is 16.7 Å². The molecule has 0 saturated heterocycles. The van der Waals surface area contributed by atoms with Gasteiger partial charge in [0.15, 0.2) is 11.5 Å². The Morgan fingerprint density at radius 3 is 2.28 bits per heavy atom. The van der Waals surface area contributed by atoms with Crippen LogP contribution >= 0.6 is 0 Å². The van der Waals surface area contributed by atoms with Crippen LogP contribution in [0.1, 0.15) is 26.3 Å². The van der Waals surface area contributed by atoms with E-state index in [0.29, 0.717) is 0 Å². The van der Waals surface area contributed by atoms with E-state index in [1.165, 1.54) is 5.56 Å². The van der Waals surface area contributed by atoms with Crippen molar-refractivity contribution in [3.05, 3.63) is 78.5 Å². The van der Waals surface area contributed by atoms with Crippen LogP contribution in [0.4, 0.5) is 0 Å². The zero-order chi connectivity index (χ0) is 21.9. The van der Waals surface area contributed by atoms with Crippen LogP contribution in [0.25, 0.3) is 38.8 Å². The van der Waals surface area contributed by atoms with Crippen molar-refractivity contribution in [1.29, 1.82) is 0 Å². The Morgan fingerprint density at radius 1 is 0.844 bits per heavy atom. The Hall–Kier alpha value is -3.86. The van der Waals surface area contributed by atoms with Crippen LogP contribution in [0.5, 0.6) is 11.5 Å². The van der Waals surface area contributed by atoms with Gasteiger partial charge in [-0.1, -0.05) is 63.2 Å². The highest BCUT2D eigenvalue weighted by molar-refractivity contribution is 6.09. The van der Waals surface area contributed by atoms with E-state index in [-0.39, 0.29) is 12.2 Å². The van der Waals surface area contributed by atoms with E-state index in [2.05, 4.69) is 57.2 Å². The number of pyridine rings is 1. The SMILES string of the molecule is CC(C)(C)c1ccc(-n2nc(-c3ccccc3)c3cnc4cc5c(cc4c32)OCO5)cc1. The minimum Gasteiger partial charge on any atom is -0.454 e. The number of hydrogen-bond donors (Lipinski definition) is 0. The molecule has 32 heavy (non-hydrogen) atoms. The number of rotatable bonds is 2. The Labute approximate surface area is 186 Å². The van der Waals surface area contributed by atoms with Crippen LogP contribution in [-0.4, -0.2) is 21.6 Å². The maximum absolute atomic E-state index is 5.67. The molecule has 0 atom stereocenters. The van der Waals surface area contributed by atoms with Crippen molar-refractivity contribution in [3.8, 4) is 28.4 Å². The third-order valence-corrected chi connectivity index (χ3v) is 6.03. The van der Waals surface area contributed by atoms with Crippen LogP contribution in [0.15, 0.2) is 72.9 Å². The number of nitrogens with zero attached hydrogens (tertiary/aromatic N) is 3. The fourth-order valence-electron chi connectivity index (χ4n) is 4.27. The van der Waals surface area contributed by atoms with E-state index in [9.17, 15) is 0 Å². The molecule has 5 heteroatoms. The van der Waals surface area contributed by atoms with Gasteiger partial charge in [-0.25, -0.2) is 4.68 Å². The standard InChI is InChI=1S/C27H23N3O2/c1-27(2,3)18-9-11-19(12-10-18)30-26-20-13-23-24(32-16-31-23)14-22(20)28-15-21(26)25(29-30)17-7-5-4-6-8-17/h4-15H,16H2,1-3H3. The first kappa shape index (κ1) is 18.9. The largest absolute Gasteiger partial charge is 0.454 e. The lowest BCUT2D eigenvalue weighted by molar-refractivity contribution is 0.174. The van der Waals surface area contributed by atoms with Gasteiger partial charge in [-0.3, -0.25) is 4.98 Å². The summed E-state index contributed by atoms with van der Waals surface area (Å²) >= 11 is 0. The minimum absolute atomic E-state index is 0.0917. The van der Waals surface area contributed by atoms with Crippen molar-refractivity contribution in [1.82, 2.24) is 14.8 Å². The van der Waals surface area contributed by atoms with Crippen molar-refractivity contribution in [2.75, 3.05) is 6.79 Å². The molecule has 1 aliphatic heterocycles. The Balaban J connectivity index is 1.66. The molecule has 0 amide bonds. The van der Waals surface area contributed by atoms with Gasteiger partial charge in [0.2, 0.25) is 6.79 Å². The number of hydrogen-bond acceptors (Lipinski definition) is 4. The summed E-state index contributed by atoms with van der Waals surface area (Å²) in [6.07, 6.45) is 1.91. The highest BCUT2D eigenvalue weighted by Gasteiger charge is 2.21. The molecule has 3 heterocycles. The summed E-state index contributed by atoms with van der Waals surface area (Å²) in [5.74, 6) is 1.47. The number of fused-ring (bicyclic) bond motifs is 4. The van der Waals surface area contributed by atoms with Crippen molar-refractivity contribution in [3.63, 3.8) is 0 Å². The predicted octanol–water partition coefficient (Wildman–Crippen LogP) is 6.27. The van der Waals surface area contributed by atoms with Gasteiger partial charge in [0, 0.05) is 28.6 Å². The molecule has 0 unspecified atom stereocenters. The smallest absolute Gasteiger partial charge is 0.231 e. The maximum atomic E-state index is 5.67. The number of aromatic nitrogens is 3.